The van der Waals surface area contributed by atoms with E-state index in [9.17, 15) is 13.6 Å². The summed E-state index contributed by atoms with van der Waals surface area (Å²) in [6.45, 7) is 6.01. The Morgan fingerprint density at radius 2 is 1.25 bits per heavy atom. The lowest BCUT2D eigenvalue weighted by atomic mass is 10.2. The fourth-order valence-corrected chi connectivity index (χ4v) is 8.52. The van der Waals surface area contributed by atoms with Gasteiger partial charge in [0.15, 0.2) is 0 Å². The Labute approximate surface area is 189 Å². The van der Waals surface area contributed by atoms with Gasteiger partial charge in [0.05, 0.1) is 0 Å². The zero-order chi connectivity index (χ0) is 23.2. The van der Waals surface area contributed by atoms with Crippen LogP contribution in [0.5, 0.6) is 0 Å². The molecule has 0 bridgehead atoms. The molecule has 0 aromatic heterocycles. The van der Waals surface area contributed by atoms with Crippen molar-refractivity contribution in [2.24, 2.45) is 0 Å². The fourth-order valence-electron chi connectivity index (χ4n) is 3.95. The smallest absolute Gasteiger partial charge is 0.327 e. The van der Waals surface area contributed by atoms with Crippen molar-refractivity contribution >= 4 is 30.3 Å². The number of hydrogen-bond donors (Lipinski definition) is 1. The van der Waals surface area contributed by atoms with Crippen LogP contribution in [0.1, 0.15) is 27.2 Å². The second-order valence-corrected chi connectivity index (χ2v) is 13.1. The van der Waals surface area contributed by atoms with Crippen molar-refractivity contribution in [1.82, 2.24) is 0 Å². The standard InChI is InChI=1S/C26H29F2NO2Si/c1-25(2,3)32(22-15-9-5-10-16-22,23-17-11-6-12-18-23)31-20-19-26(27,28)24(30)29-21-13-7-4-8-14-21/h4-18H,19-20H2,1-3H3,(H,29,30). The summed E-state index contributed by atoms with van der Waals surface area (Å²) in [6.07, 6.45) is -0.698. The van der Waals surface area contributed by atoms with Crippen molar-refractivity contribution in [3.8, 4) is 0 Å². The Kier molecular flexibility index (Phi) is 7.26. The molecular formula is C26H29F2NO2Si. The van der Waals surface area contributed by atoms with Crippen LogP contribution in [0.25, 0.3) is 0 Å². The number of alkyl halides is 2. The third-order valence-electron chi connectivity index (χ3n) is 5.52. The van der Waals surface area contributed by atoms with Crippen LogP contribution in [-0.2, 0) is 9.22 Å². The van der Waals surface area contributed by atoms with Gasteiger partial charge in [-0.3, -0.25) is 4.79 Å². The van der Waals surface area contributed by atoms with E-state index in [1.807, 2.05) is 60.7 Å². The molecule has 1 N–H and O–H groups in total. The average molecular weight is 454 g/mol. The number of amides is 1. The number of rotatable bonds is 8. The first kappa shape index (κ1) is 23.8. The zero-order valence-electron chi connectivity index (χ0n) is 18.6. The Morgan fingerprint density at radius 1 is 0.812 bits per heavy atom. The topological polar surface area (TPSA) is 38.3 Å². The van der Waals surface area contributed by atoms with Gasteiger partial charge in [-0.2, -0.15) is 8.78 Å². The Bertz CT molecular complexity index is 967. The van der Waals surface area contributed by atoms with Crippen LogP contribution >= 0.6 is 0 Å². The SMILES string of the molecule is CC(C)(C)[Si](OCCC(F)(F)C(=O)Nc1ccccc1)(c1ccccc1)c1ccccc1. The molecule has 3 rings (SSSR count). The fraction of sp³-hybridized carbons (Fsp3) is 0.269. The van der Waals surface area contributed by atoms with Crippen LogP contribution in [0.4, 0.5) is 14.5 Å². The Balaban J connectivity index is 1.85. The van der Waals surface area contributed by atoms with Gasteiger partial charge in [-0.05, 0) is 27.5 Å². The highest BCUT2D eigenvalue weighted by Crippen LogP contribution is 2.37. The molecule has 0 fully saturated rings. The van der Waals surface area contributed by atoms with E-state index < -0.39 is 26.6 Å². The molecule has 1 amide bonds. The van der Waals surface area contributed by atoms with Crippen LogP contribution in [-0.4, -0.2) is 26.8 Å². The molecule has 3 aromatic carbocycles. The largest absolute Gasteiger partial charge is 0.407 e. The zero-order valence-corrected chi connectivity index (χ0v) is 19.6. The Morgan fingerprint density at radius 3 is 1.69 bits per heavy atom. The molecule has 0 heterocycles. The molecule has 3 aromatic rings. The van der Waals surface area contributed by atoms with Gasteiger partial charge in [-0.25, -0.2) is 0 Å². The molecule has 3 nitrogen and oxygen atoms in total. The predicted octanol–water partition coefficient (Wildman–Crippen LogP) is 5.23. The van der Waals surface area contributed by atoms with Gasteiger partial charge >= 0.3 is 5.92 Å². The van der Waals surface area contributed by atoms with Gasteiger partial charge < -0.3 is 9.74 Å². The number of carbonyl (C=O) groups is 1. The molecule has 32 heavy (non-hydrogen) atoms. The molecule has 168 valence electrons. The minimum absolute atomic E-state index is 0.234. The highest BCUT2D eigenvalue weighted by molar-refractivity contribution is 6.99. The van der Waals surface area contributed by atoms with Crippen molar-refractivity contribution in [2.45, 2.75) is 38.2 Å². The van der Waals surface area contributed by atoms with E-state index in [0.29, 0.717) is 5.69 Å². The van der Waals surface area contributed by atoms with E-state index in [1.165, 1.54) is 0 Å². The van der Waals surface area contributed by atoms with Crippen molar-refractivity contribution in [3.05, 3.63) is 91.0 Å². The van der Waals surface area contributed by atoms with Crippen LogP contribution < -0.4 is 15.7 Å². The maximum Gasteiger partial charge on any atom is 0.327 e. The predicted molar refractivity (Wildman–Crippen MR) is 128 cm³/mol. The molecule has 0 saturated carbocycles. The minimum Gasteiger partial charge on any atom is -0.407 e. The molecular weight excluding hydrogens is 424 g/mol. The van der Waals surface area contributed by atoms with E-state index in [2.05, 4.69) is 26.1 Å². The third kappa shape index (κ3) is 5.14. The summed E-state index contributed by atoms with van der Waals surface area (Å²) in [5.41, 5.74) is 0.338. The molecule has 0 atom stereocenters. The highest BCUT2D eigenvalue weighted by atomic mass is 28.4. The number of para-hydroxylation sites is 1. The number of nitrogens with one attached hydrogen (secondary N) is 1. The van der Waals surface area contributed by atoms with Gasteiger partial charge in [0, 0.05) is 18.7 Å². The van der Waals surface area contributed by atoms with E-state index in [-0.39, 0.29) is 11.6 Å². The summed E-state index contributed by atoms with van der Waals surface area (Å²) < 4.78 is 35.9. The molecule has 0 aliphatic heterocycles. The van der Waals surface area contributed by atoms with E-state index in [1.54, 1.807) is 30.3 Å². The van der Waals surface area contributed by atoms with Gasteiger partial charge in [0.2, 0.25) is 0 Å². The summed E-state index contributed by atoms with van der Waals surface area (Å²) in [4.78, 5) is 12.2. The number of hydrogen-bond acceptors (Lipinski definition) is 2. The van der Waals surface area contributed by atoms with Crippen molar-refractivity contribution < 1.29 is 18.0 Å². The molecule has 0 unspecified atom stereocenters. The first-order chi connectivity index (χ1) is 15.2. The highest BCUT2D eigenvalue weighted by Gasteiger charge is 2.50. The van der Waals surface area contributed by atoms with E-state index >= 15 is 0 Å². The quantitative estimate of drug-likeness (QED) is 0.475. The number of halogens is 2. The van der Waals surface area contributed by atoms with Crippen molar-refractivity contribution in [2.75, 3.05) is 11.9 Å². The molecule has 6 heteroatoms. The molecule has 0 radical (unpaired) electrons. The van der Waals surface area contributed by atoms with Gasteiger partial charge in [-0.15, -0.1) is 0 Å². The van der Waals surface area contributed by atoms with Crippen LogP contribution in [0.3, 0.4) is 0 Å². The number of carbonyl (C=O) groups excluding carboxylic acids is 1. The molecule has 0 spiro atoms. The summed E-state index contributed by atoms with van der Waals surface area (Å²) in [5, 5.41) is 3.99. The summed E-state index contributed by atoms with van der Waals surface area (Å²) in [6, 6.07) is 27.9. The van der Waals surface area contributed by atoms with Crippen LogP contribution in [0, 0.1) is 0 Å². The first-order valence-electron chi connectivity index (χ1n) is 10.7. The normalized spacial score (nSPS) is 12.4. The molecule has 0 aliphatic rings. The number of benzene rings is 3. The third-order valence-corrected chi connectivity index (χ3v) is 10.6. The van der Waals surface area contributed by atoms with E-state index in [0.717, 1.165) is 10.4 Å². The van der Waals surface area contributed by atoms with Crippen molar-refractivity contribution in [3.63, 3.8) is 0 Å². The number of anilines is 1. The van der Waals surface area contributed by atoms with E-state index in [4.69, 9.17) is 4.43 Å². The van der Waals surface area contributed by atoms with Crippen LogP contribution in [0.15, 0.2) is 91.0 Å². The monoisotopic (exact) mass is 453 g/mol. The lowest BCUT2D eigenvalue weighted by Crippen LogP contribution is -2.66. The lowest BCUT2D eigenvalue weighted by molar-refractivity contribution is -0.141. The summed E-state index contributed by atoms with van der Waals surface area (Å²) >= 11 is 0. The second kappa shape index (κ2) is 9.75. The van der Waals surface area contributed by atoms with Crippen molar-refractivity contribution in [1.29, 1.82) is 0 Å². The molecule has 0 saturated heterocycles. The van der Waals surface area contributed by atoms with Gasteiger partial charge in [0.25, 0.3) is 14.2 Å². The maximum atomic E-state index is 14.7. The minimum atomic E-state index is -3.55. The lowest BCUT2D eigenvalue weighted by Gasteiger charge is -2.43. The maximum absolute atomic E-state index is 14.7. The summed E-state index contributed by atoms with van der Waals surface area (Å²) in [7, 11) is -2.92. The van der Waals surface area contributed by atoms with Crippen LogP contribution in [0.2, 0.25) is 5.04 Å². The Hall–Kier alpha value is -2.83. The van der Waals surface area contributed by atoms with Gasteiger partial charge in [0.1, 0.15) is 0 Å². The summed E-state index contributed by atoms with van der Waals surface area (Å²) in [5.74, 6) is -4.88. The van der Waals surface area contributed by atoms with Gasteiger partial charge in [-0.1, -0.05) is 99.6 Å². The second-order valence-electron chi connectivity index (χ2n) is 8.79. The average Bonchev–Trinajstić information content (AvgIpc) is 2.78. The first-order valence-corrected chi connectivity index (χ1v) is 12.6. The molecule has 0 aliphatic carbocycles.